The molecule has 1 heterocycles. The van der Waals surface area contributed by atoms with Crippen LogP contribution in [0.4, 0.5) is 8.78 Å². The van der Waals surface area contributed by atoms with Gasteiger partial charge < -0.3 is 9.47 Å². The second-order valence-corrected chi connectivity index (χ2v) is 5.16. The van der Waals surface area contributed by atoms with Gasteiger partial charge in [0.2, 0.25) is 5.16 Å². The van der Waals surface area contributed by atoms with E-state index in [2.05, 4.69) is 20.0 Å². The number of methoxy groups -OCH3 is 1. The number of hydrogen-bond donors (Lipinski definition) is 0. The number of nitrogens with zero attached hydrogens (tertiary/aromatic N) is 4. The lowest BCUT2D eigenvalue weighted by atomic mass is 10.2. The van der Waals surface area contributed by atoms with E-state index in [1.165, 1.54) is 35.9 Å². The Balaban J connectivity index is 2.18. The Labute approximate surface area is 130 Å². The van der Waals surface area contributed by atoms with E-state index in [1.54, 1.807) is 18.3 Å². The van der Waals surface area contributed by atoms with Gasteiger partial charge in [0.25, 0.3) is 0 Å². The van der Waals surface area contributed by atoms with Crippen molar-refractivity contribution in [1.29, 1.82) is 0 Å². The number of aromatic nitrogens is 3. The molecule has 0 atom stereocenters. The maximum atomic E-state index is 12.3. The van der Waals surface area contributed by atoms with Crippen LogP contribution in [0.2, 0.25) is 0 Å². The van der Waals surface area contributed by atoms with E-state index >= 15 is 0 Å². The summed E-state index contributed by atoms with van der Waals surface area (Å²) in [5.41, 5.74) is 0.666. The summed E-state index contributed by atoms with van der Waals surface area (Å²) in [6.07, 6.45) is 3.04. The molecule has 6 nitrogen and oxygen atoms in total. The molecular formula is C13H14F2N4O2S. The smallest absolute Gasteiger partial charge is 0.387 e. The van der Waals surface area contributed by atoms with Gasteiger partial charge in [0, 0.05) is 0 Å². The highest BCUT2D eigenvalue weighted by Gasteiger charge is 2.10. The van der Waals surface area contributed by atoms with Crippen LogP contribution in [-0.4, -0.2) is 40.6 Å². The first-order valence-corrected chi connectivity index (χ1v) is 7.32. The topological polar surface area (TPSA) is 61.5 Å². The Kier molecular flexibility index (Phi) is 5.70. The van der Waals surface area contributed by atoms with E-state index in [1.807, 2.05) is 6.92 Å². The van der Waals surface area contributed by atoms with Gasteiger partial charge >= 0.3 is 6.61 Å². The highest BCUT2D eigenvalue weighted by molar-refractivity contribution is 7.99. The molecule has 0 saturated heterocycles. The highest BCUT2D eigenvalue weighted by atomic mass is 32.2. The summed E-state index contributed by atoms with van der Waals surface area (Å²) in [4.78, 5) is 0. The molecule has 0 N–H and O–H groups in total. The third kappa shape index (κ3) is 4.17. The van der Waals surface area contributed by atoms with Crippen LogP contribution in [0, 0.1) is 0 Å². The van der Waals surface area contributed by atoms with Gasteiger partial charge in [-0.2, -0.15) is 18.6 Å². The monoisotopic (exact) mass is 328 g/mol. The molecule has 0 saturated carbocycles. The molecule has 0 aliphatic rings. The third-order valence-electron chi connectivity index (χ3n) is 2.51. The Hall–Kier alpha value is -2.16. The Morgan fingerprint density at radius 2 is 2.23 bits per heavy atom. The lowest BCUT2D eigenvalue weighted by Crippen LogP contribution is -2.03. The van der Waals surface area contributed by atoms with Crippen molar-refractivity contribution in [2.24, 2.45) is 5.10 Å². The number of ether oxygens (including phenoxy) is 2. The van der Waals surface area contributed by atoms with E-state index < -0.39 is 6.61 Å². The Morgan fingerprint density at radius 3 is 2.91 bits per heavy atom. The van der Waals surface area contributed by atoms with Gasteiger partial charge in [-0.3, -0.25) is 0 Å². The molecule has 118 valence electrons. The SMILES string of the molecule is CCSc1nncn1/N=C\c1ccc(OC(F)F)c(OC)c1. The Bertz CT molecular complexity index is 649. The second kappa shape index (κ2) is 7.74. The minimum atomic E-state index is -2.90. The molecule has 2 aromatic rings. The molecular weight excluding hydrogens is 314 g/mol. The van der Waals surface area contributed by atoms with Crippen molar-refractivity contribution in [2.45, 2.75) is 18.7 Å². The molecule has 0 spiro atoms. The van der Waals surface area contributed by atoms with Gasteiger partial charge in [-0.15, -0.1) is 10.2 Å². The Morgan fingerprint density at radius 1 is 1.41 bits per heavy atom. The van der Waals surface area contributed by atoms with Crippen LogP contribution in [0.5, 0.6) is 11.5 Å². The molecule has 0 radical (unpaired) electrons. The lowest BCUT2D eigenvalue weighted by Gasteiger charge is -2.09. The zero-order valence-electron chi connectivity index (χ0n) is 11.9. The quantitative estimate of drug-likeness (QED) is 0.578. The maximum absolute atomic E-state index is 12.3. The summed E-state index contributed by atoms with van der Waals surface area (Å²) < 4.78 is 35.5. The van der Waals surface area contributed by atoms with Crippen LogP contribution in [0.15, 0.2) is 34.8 Å². The fourth-order valence-electron chi connectivity index (χ4n) is 1.61. The number of halogens is 2. The largest absolute Gasteiger partial charge is 0.493 e. The number of benzene rings is 1. The van der Waals surface area contributed by atoms with Gasteiger partial charge in [0.15, 0.2) is 11.5 Å². The maximum Gasteiger partial charge on any atom is 0.387 e. The molecule has 0 amide bonds. The zero-order chi connectivity index (χ0) is 15.9. The van der Waals surface area contributed by atoms with Crippen molar-refractivity contribution in [3.05, 3.63) is 30.1 Å². The van der Waals surface area contributed by atoms with Crippen molar-refractivity contribution >= 4 is 18.0 Å². The van der Waals surface area contributed by atoms with Crippen LogP contribution < -0.4 is 9.47 Å². The normalized spacial score (nSPS) is 11.3. The van der Waals surface area contributed by atoms with Crippen LogP contribution in [0.3, 0.4) is 0 Å². The summed E-state index contributed by atoms with van der Waals surface area (Å²) >= 11 is 1.51. The molecule has 0 aliphatic carbocycles. The van der Waals surface area contributed by atoms with Crippen LogP contribution in [-0.2, 0) is 0 Å². The molecule has 0 fully saturated rings. The van der Waals surface area contributed by atoms with Crippen molar-refractivity contribution in [2.75, 3.05) is 12.9 Å². The van der Waals surface area contributed by atoms with E-state index in [4.69, 9.17) is 4.74 Å². The molecule has 9 heteroatoms. The number of thioether (sulfide) groups is 1. The molecule has 0 bridgehead atoms. The second-order valence-electron chi connectivity index (χ2n) is 3.92. The average Bonchev–Trinajstić information content (AvgIpc) is 2.93. The average molecular weight is 328 g/mol. The van der Waals surface area contributed by atoms with Gasteiger partial charge in [-0.25, -0.2) is 0 Å². The van der Waals surface area contributed by atoms with Crippen LogP contribution >= 0.6 is 11.8 Å². The first kappa shape index (κ1) is 16.2. The first-order valence-electron chi connectivity index (χ1n) is 6.34. The van der Waals surface area contributed by atoms with Gasteiger partial charge in [0.05, 0.1) is 13.3 Å². The van der Waals surface area contributed by atoms with Crippen LogP contribution in [0.1, 0.15) is 12.5 Å². The van der Waals surface area contributed by atoms with E-state index in [9.17, 15) is 8.78 Å². The van der Waals surface area contributed by atoms with E-state index in [0.717, 1.165) is 5.75 Å². The van der Waals surface area contributed by atoms with Gasteiger partial charge in [-0.1, -0.05) is 18.7 Å². The van der Waals surface area contributed by atoms with Gasteiger partial charge in [-0.05, 0) is 29.5 Å². The number of rotatable bonds is 7. The minimum absolute atomic E-state index is 0.0267. The predicted molar refractivity (Wildman–Crippen MR) is 79.0 cm³/mol. The standard InChI is InChI=1S/C13H14F2N4O2S/c1-3-22-13-18-16-8-19(13)17-7-9-4-5-10(21-12(14)15)11(6-9)20-2/h4-8,12H,3H2,1-2H3/b17-7-. The number of alkyl halides is 2. The summed E-state index contributed by atoms with van der Waals surface area (Å²) in [7, 11) is 1.38. The van der Waals surface area contributed by atoms with E-state index in [-0.39, 0.29) is 11.5 Å². The first-order chi connectivity index (χ1) is 10.6. The summed E-state index contributed by atoms with van der Waals surface area (Å²) in [6.45, 7) is -0.904. The van der Waals surface area contributed by atoms with Crippen molar-refractivity contribution in [3.63, 3.8) is 0 Å². The van der Waals surface area contributed by atoms with E-state index in [0.29, 0.717) is 10.7 Å². The molecule has 0 unspecified atom stereocenters. The summed E-state index contributed by atoms with van der Waals surface area (Å²) in [5.74, 6) is 1.03. The van der Waals surface area contributed by atoms with Crippen molar-refractivity contribution in [1.82, 2.24) is 14.9 Å². The number of hydrogen-bond acceptors (Lipinski definition) is 6. The fraction of sp³-hybridized carbons (Fsp3) is 0.308. The lowest BCUT2D eigenvalue weighted by molar-refractivity contribution is -0.0512. The minimum Gasteiger partial charge on any atom is -0.493 e. The zero-order valence-corrected chi connectivity index (χ0v) is 12.8. The summed E-state index contributed by atoms with van der Waals surface area (Å²) in [5, 5.41) is 12.6. The van der Waals surface area contributed by atoms with Gasteiger partial charge in [0.1, 0.15) is 6.33 Å². The van der Waals surface area contributed by atoms with Crippen LogP contribution in [0.25, 0.3) is 0 Å². The predicted octanol–water partition coefficient (Wildman–Crippen LogP) is 2.88. The fourth-order valence-corrected chi connectivity index (χ4v) is 2.20. The third-order valence-corrected chi connectivity index (χ3v) is 3.32. The molecule has 2 rings (SSSR count). The highest BCUT2D eigenvalue weighted by Crippen LogP contribution is 2.29. The molecule has 1 aromatic carbocycles. The van der Waals surface area contributed by atoms with Crippen molar-refractivity contribution in [3.8, 4) is 11.5 Å². The molecule has 0 aliphatic heterocycles. The van der Waals surface area contributed by atoms with Crippen molar-refractivity contribution < 1.29 is 18.3 Å². The molecule has 22 heavy (non-hydrogen) atoms. The summed E-state index contributed by atoms with van der Waals surface area (Å²) in [6, 6.07) is 4.55. The molecule has 1 aromatic heterocycles.